The van der Waals surface area contributed by atoms with Crippen LogP contribution in [0.1, 0.15) is 0 Å². The number of hydrogen-bond acceptors (Lipinski definition) is 3. The normalized spacial score (nSPS) is 11.4. The Morgan fingerprint density at radius 2 is 0.746 bits per heavy atom. The maximum Gasteiger partial charge on any atom is 0.0640 e. The summed E-state index contributed by atoms with van der Waals surface area (Å²) in [7, 11) is 0. The third-order valence-electron chi connectivity index (χ3n) is 13.8. The van der Waals surface area contributed by atoms with Crippen LogP contribution in [0, 0.1) is 0 Å². The van der Waals surface area contributed by atoms with E-state index in [0.29, 0.717) is 0 Å². The van der Waals surface area contributed by atoms with Crippen molar-refractivity contribution in [2.24, 2.45) is 0 Å². The molecular formula is C68H46N2S. The highest BCUT2D eigenvalue weighted by Crippen LogP contribution is 2.48. The Bertz CT molecular complexity index is 4050. The number of thiophene rings is 1. The zero-order valence-electron chi connectivity index (χ0n) is 38.9. The zero-order chi connectivity index (χ0) is 47.1. The lowest BCUT2D eigenvalue weighted by molar-refractivity contribution is 1.28. The van der Waals surface area contributed by atoms with E-state index in [9.17, 15) is 0 Å². The van der Waals surface area contributed by atoms with Gasteiger partial charge in [-0.05, 0) is 133 Å². The van der Waals surface area contributed by atoms with E-state index in [1.807, 2.05) is 11.3 Å². The smallest absolute Gasteiger partial charge is 0.0640 e. The van der Waals surface area contributed by atoms with Crippen LogP contribution in [0.5, 0.6) is 0 Å². The summed E-state index contributed by atoms with van der Waals surface area (Å²) < 4.78 is 2.54. The third kappa shape index (κ3) is 7.89. The van der Waals surface area contributed by atoms with Crippen molar-refractivity contribution in [3.8, 4) is 44.5 Å². The fourth-order valence-corrected chi connectivity index (χ4v) is 11.6. The molecule has 0 saturated heterocycles. The molecule has 1 heterocycles. The molecule has 334 valence electrons. The van der Waals surface area contributed by atoms with Crippen LogP contribution >= 0.6 is 11.3 Å². The van der Waals surface area contributed by atoms with Crippen molar-refractivity contribution in [2.45, 2.75) is 0 Å². The van der Waals surface area contributed by atoms with Gasteiger partial charge >= 0.3 is 0 Å². The van der Waals surface area contributed by atoms with E-state index in [-0.39, 0.29) is 0 Å². The molecule has 0 fully saturated rings. The van der Waals surface area contributed by atoms with Gasteiger partial charge < -0.3 is 9.80 Å². The molecule has 0 radical (unpaired) electrons. The van der Waals surface area contributed by atoms with Crippen molar-refractivity contribution in [1.82, 2.24) is 0 Å². The first kappa shape index (κ1) is 42.1. The van der Waals surface area contributed by atoms with Crippen LogP contribution in [0.15, 0.2) is 279 Å². The number of rotatable bonds is 10. The van der Waals surface area contributed by atoms with Crippen molar-refractivity contribution in [2.75, 3.05) is 9.80 Å². The Balaban J connectivity index is 0.955. The fourth-order valence-electron chi connectivity index (χ4n) is 10.4. The van der Waals surface area contributed by atoms with E-state index >= 15 is 0 Å². The standard InChI is InChI=1S/C68H46N2S/c1-2-16-47(17-3-1)53-22-12-25-59(45-53)70(66-32-15-30-64-63-28-9-11-33-67(63)71-68(64)66)65-31-10-8-27-62(65)55-23-13-24-58(46-55)69(56-40-36-49(37-41-56)54-35-34-48-18-4-5-20-52(48)44-54)57-42-38-51(39-43-57)61-29-14-21-50-19-6-7-26-60(50)61/h1-46H. The minimum Gasteiger partial charge on any atom is -0.310 e. The van der Waals surface area contributed by atoms with Gasteiger partial charge in [0.15, 0.2) is 0 Å². The molecule has 3 heteroatoms. The predicted molar refractivity (Wildman–Crippen MR) is 305 cm³/mol. The van der Waals surface area contributed by atoms with Crippen LogP contribution in [0.2, 0.25) is 0 Å². The van der Waals surface area contributed by atoms with Gasteiger partial charge in [-0.1, -0.05) is 206 Å². The minimum atomic E-state index is 1.07. The molecule has 0 aliphatic carbocycles. The molecule has 71 heavy (non-hydrogen) atoms. The number of benzene rings is 12. The molecule has 0 unspecified atom stereocenters. The van der Waals surface area contributed by atoms with Crippen LogP contribution in [-0.4, -0.2) is 0 Å². The number of hydrogen-bond donors (Lipinski definition) is 0. The van der Waals surface area contributed by atoms with Gasteiger partial charge in [-0.2, -0.15) is 0 Å². The van der Waals surface area contributed by atoms with Gasteiger partial charge in [0, 0.05) is 43.8 Å². The van der Waals surface area contributed by atoms with E-state index in [4.69, 9.17) is 0 Å². The van der Waals surface area contributed by atoms with Crippen molar-refractivity contribution < 1.29 is 0 Å². The molecule has 0 bridgehead atoms. The first-order valence-electron chi connectivity index (χ1n) is 24.2. The topological polar surface area (TPSA) is 6.48 Å². The van der Waals surface area contributed by atoms with Crippen molar-refractivity contribution in [1.29, 1.82) is 0 Å². The van der Waals surface area contributed by atoms with Crippen LogP contribution in [0.4, 0.5) is 34.1 Å². The van der Waals surface area contributed by atoms with Crippen LogP contribution < -0.4 is 9.80 Å². The van der Waals surface area contributed by atoms with E-state index in [0.717, 1.165) is 45.3 Å². The number of fused-ring (bicyclic) bond motifs is 5. The van der Waals surface area contributed by atoms with E-state index in [1.165, 1.54) is 75.1 Å². The van der Waals surface area contributed by atoms with Gasteiger partial charge in [-0.25, -0.2) is 0 Å². The Labute approximate surface area is 418 Å². The van der Waals surface area contributed by atoms with Crippen LogP contribution in [-0.2, 0) is 0 Å². The first-order chi connectivity index (χ1) is 35.2. The summed E-state index contributed by atoms with van der Waals surface area (Å²) >= 11 is 1.86. The van der Waals surface area contributed by atoms with Crippen molar-refractivity contribution in [3.05, 3.63) is 279 Å². The molecule has 0 spiro atoms. The average Bonchev–Trinajstić information content (AvgIpc) is 3.83. The fraction of sp³-hybridized carbons (Fsp3) is 0. The van der Waals surface area contributed by atoms with Gasteiger partial charge in [-0.15, -0.1) is 11.3 Å². The number of para-hydroxylation sites is 1. The van der Waals surface area contributed by atoms with E-state index < -0.39 is 0 Å². The third-order valence-corrected chi connectivity index (χ3v) is 15.0. The molecule has 0 saturated carbocycles. The molecule has 12 aromatic carbocycles. The Morgan fingerprint density at radius 3 is 1.56 bits per heavy atom. The molecule has 0 aliphatic rings. The lowest BCUT2D eigenvalue weighted by Gasteiger charge is -2.29. The highest BCUT2D eigenvalue weighted by molar-refractivity contribution is 7.26. The highest BCUT2D eigenvalue weighted by Gasteiger charge is 2.23. The Morgan fingerprint density at radius 1 is 0.239 bits per heavy atom. The second kappa shape index (κ2) is 18.1. The Hall–Kier alpha value is -9.02. The lowest BCUT2D eigenvalue weighted by Crippen LogP contribution is -2.12. The second-order valence-corrected chi connectivity index (χ2v) is 19.1. The maximum absolute atomic E-state index is 2.47. The summed E-state index contributed by atoms with van der Waals surface area (Å²) in [5.74, 6) is 0. The monoisotopic (exact) mass is 922 g/mol. The zero-order valence-corrected chi connectivity index (χ0v) is 39.7. The SMILES string of the molecule is c1ccc(-c2cccc(N(c3ccccc3-c3cccc(N(c4ccc(-c5ccc6ccccc6c5)cc4)c4ccc(-c5cccc6ccccc56)cc4)c3)c3cccc4c3sc3ccccc34)c2)cc1. The summed E-state index contributed by atoms with van der Waals surface area (Å²) in [6.07, 6.45) is 0. The molecule has 0 atom stereocenters. The summed E-state index contributed by atoms with van der Waals surface area (Å²) in [5.41, 5.74) is 16.0. The molecular weight excluding hydrogens is 877 g/mol. The highest BCUT2D eigenvalue weighted by atomic mass is 32.1. The quantitative estimate of drug-likeness (QED) is 0.135. The van der Waals surface area contributed by atoms with Crippen molar-refractivity contribution >= 4 is 87.2 Å². The van der Waals surface area contributed by atoms with Crippen molar-refractivity contribution in [3.63, 3.8) is 0 Å². The van der Waals surface area contributed by atoms with Crippen LogP contribution in [0.3, 0.4) is 0 Å². The van der Waals surface area contributed by atoms with Gasteiger partial charge in [0.2, 0.25) is 0 Å². The largest absolute Gasteiger partial charge is 0.310 e. The maximum atomic E-state index is 2.47. The van der Waals surface area contributed by atoms with Crippen LogP contribution in [0.25, 0.3) is 86.2 Å². The molecule has 2 nitrogen and oxygen atoms in total. The molecule has 0 aliphatic heterocycles. The summed E-state index contributed by atoms with van der Waals surface area (Å²) in [6, 6.07) is 102. The van der Waals surface area contributed by atoms with E-state index in [2.05, 4.69) is 289 Å². The second-order valence-electron chi connectivity index (χ2n) is 18.1. The molecule has 1 aromatic heterocycles. The summed E-state index contributed by atoms with van der Waals surface area (Å²) in [5, 5.41) is 7.52. The summed E-state index contributed by atoms with van der Waals surface area (Å²) in [6.45, 7) is 0. The van der Waals surface area contributed by atoms with Gasteiger partial charge in [-0.3, -0.25) is 0 Å². The van der Waals surface area contributed by atoms with Gasteiger partial charge in [0.05, 0.1) is 16.1 Å². The summed E-state index contributed by atoms with van der Waals surface area (Å²) in [4.78, 5) is 4.86. The van der Waals surface area contributed by atoms with E-state index in [1.54, 1.807) is 0 Å². The Kier molecular flexibility index (Phi) is 10.8. The van der Waals surface area contributed by atoms with Gasteiger partial charge in [0.1, 0.15) is 0 Å². The minimum absolute atomic E-state index is 1.07. The molecule has 0 N–H and O–H groups in total. The predicted octanol–water partition coefficient (Wildman–Crippen LogP) is 20.0. The molecule has 13 aromatic rings. The number of anilines is 6. The van der Waals surface area contributed by atoms with Gasteiger partial charge in [0.25, 0.3) is 0 Å². The molecule has 13 rings (SSSR count). The first-order valence-corrected chi connectivity index (χ1v) is 25.0. The number of nitrogens with zero attached hydrogens (tertiary/aromatic N) is 2. The lowest BCUT2D eigenvalue weighted by atomic mass is 9.97. The average molecular weight is 923 g/mol. The molecule has 0 amide bonds.